The molecular formula is C14H19BrClNO. The fourth-order valence-corrected chi connectivity index (χ4v) is 3.27. The van der Waals surface area contributed by atoms with Gasteiger partial charge in [0.25, 0.3) is 0 Å². The van der Waals surface area contributed by atoms with E-state index in [0.717, 1.165) is 42.1 Å². The van der Waals surface area contributed by atoms with Crippen LogP contribution in [-0.2, 0) is 6.54 Å². The first-order valence-electron chi connectivity index (χ1n) is 6.23. The van der Waals surface area contributed by atoms with Crippen molar-refractivity contribution in [2.45, 2.75) is 24.8 Å². The Labute approximate surface area is 122 Å². The Morgan fingerprint density at radius 3 is 2.78 bits per heavy atom. The highest BCUT2D eigenvalue weighted by Crippen LogP contribution is 2.32. The van der Waals surface area contributed by atoms with Crippen LogP contribution < -0.4 is 4.74 Å². The first kappa shape index (κ1) is 14.2. The number of hydrogen-bond donors (Lipinski definition) is 0. The fourth-order valence-electron chi connectivity index (χ4n) is 2.40. The van der Waals surface area contributed by atoms with Crippen LogP contribution in [0.4, 0.5) is 0 Å². The second kappa shape index (κ2) is 6.27. The first-order chi connectivity index (χ1) is 8.58. The van der Waals surface area contributed by atoms with Gasteiger partial charge in [-0.2, -0.15) is 0 Å². The second-order valence-corrected chi connectivity index (χ2v) is 6.56. The van der Waals surface area contributed by atoms with Gasteiger partial charge >= 0.3 is 0 Å². The summed E-state index contributed by atoms with van der Waals surface area (Å²) in [6.07, 6.45) is 2.32. The van der Waals surface area contributed by atoms with E-state index in [1.165, 1.54) is 5.56 Å². The third-order valence-corrected chi connectivity index (χ3v) is 4.57. The van der Waals surface area contributed by atoms with Crippen molar-refractivity contribution < 1.29 is 4.74 Å². The van der Waals surface area contributed by atoms with E-state index in [1.54, 1.807) is 7.11 Å². The van der Waals surface area contributed by atoms with Crippen LogP contribution in [0.5, 0.6) is 5.75 Å². The van der Waals surface area contributed by atoms with E-state index in [1.807, 2.05) is 12.1 Å². The average Bonchev–Trinajstić information content (AvgIpc) is 2.30. The van der Waals surface area contributed by atoms with Crippen LogP contribution >= 0.6 is 27.5 Å². The maximum Gasteiger partial charge on any atom is 0.119 e. The lowest BCUT2D eigenvalue weighted by atomic mass is 9.84. The molecule has 18 heavy (non-hydrogen) atoms. The number of methoxy groups -OCH3 is 1. The van der Waals surface area contributed by atoms with E-state index < -0.39 is 0 Å². The van der Waals surface area contributed by atoms with Crippen molar-refractivity contribution >= 4 is 27.5 Å². The highest BCUT2D eigenvalue weighted by molar-refractivity contribution is 9.10. The molecule has 0 atom stereocenters. The smallest absolute Gasteiger partial charge is 0.119 e. The molecule has 0 spiro atoms. The highest BCUT2D eigenvalue weighted by atomic mass is 79.9. The summed E-state index contributed by atoms with van der Waals surface area (Å²) in [5.74, 6) is 1.67. The molecule has 4 heteroatoms. The van der Waals surface area contributed by atoms with Crippen molar-refractivity contribution in [3.05, 3.63) is 28.2 Å². The molecule has 0 aromatic heterocycles. The van der Waals surface area contributed by atoms with Crippen LogP contribution in [0.1, 0.15) is 18.4 Å². The molecule has 1 aromatic carbocycles. The van der Waals surface area contributed by atoms with Crippen LogP contribution in [0.25, 0.3) is 0 Å². The van der Waals surface area contributed by atoms with Gasteiger partial charge in [-0.05, 0) is 49.6 Å². The summed E-state index contributed by atoms with van der Waals surface area (Å²) in [4.78, 5) is 2.35. The van der Waals surface area contributed by atoms with Crippen molar-refractivity contribution in [1.82, 2.24) is 4.90 Å². The minimum Gasteiger partial charge on any atom is -0.497 e. The zero-order valence-corrected chi connectivity index (χ0v) is 13.2. The summed E-state index contributed by atoms with van der Waals surface area (Å²) in [7, 11) is 3.86. The van der Waals surface area contributed by atoms with Crippen molar-refractivity contribution in [3.63, 3.8) is 0 Å². The zero-order chi connectivity index (χ0) is 13.1. The lowest BCUT2D eigenvalue weighted by Crippen LogP contribution is -2.34. The Hall–Kier alpha value is -0.250. The van der Waals surface area contributed by atoms with E-state index in [-0.39, 0.29) is 0 Å². The molecule has 1 aliphatic rings. The zero-order valence-electron chi connectivity index (χ0n) is 10.8. The monoisotopic (exact) mass is 331 g/mol. The largest absolute Gasteiger partial charge is 0.497 e. The topological polar surface area (TPSA) is 12.5 Å². The van der Waals surface area contributed by atoms with Gasteiger partial charge in [-0.15, -0.1) is 11.6 Å². The van der Waals surface area contributed by atoms with Crippen LogP contribution in [0, 0.1) is 5.92 Å². The molecule has 0 heterocycles. The molecule has 1 aromatic rings. The number of hydrogen-bond acceptors (Lipinski definition) is 2. The summed E-state index contributed by atoms with van der Waals surface area (Å²) in [6, 6.07) is 6.10. The highest BCUT2D eigenvalue weighted by Gasteiger charge is 2.27. The number of benzene rings is 1. The Morgan fingerprint density at radius 2 is 2.17 bits per heavy atom. The Kier molecular flexibility index (Phi) is 4.93. The molecule has 1 saturated carbocycles. The SMILES string of the molecule is COc1ccc(Br)c(CN(C)CC2CC(Cl)C2)c1. The maximum absolute atomic E-state index is 6.01. The summed E-state index contributed by atoms with van der Waals surface area (Å²) < 4.78 is 6.40. The molecule has 0 amide bonds. The minimum absolute atomic E-state index is 0.409. The van der Waals surface area contributed by atoms with E-state index in [2.05, 4.69) is 33.9 Å². The first-order valence-corrected chi connectivity index (χ1v) is 7.46. The molecule has 0 aliphatic heterocycles. The molecule has 0 radical (unpaired) electrons. The van der Waals surface area contributed by atoms with Crippen molar-refractivity contribution in [1.29, 1.82) is 0 Å². The Morgan fingerprint density at radius 1 is 1.44 bits per heavy atom. The van der Waals surface area contributed by atoms with Crippen molar-refractivity contribution in [2.24, 2.45) is 5.92 Å². The van der Waals surface area contributed by atoms with Crippen LogP contribution in [0.2, 0.25) is 0 Å². The van der Waals surface area contributed by atoms with E-state index in [0.29, 0.717) is 5.38 Å². The third kappa shape index (κ3) is 3.62. The van der Waals surface area contributed by atoms with Crippen LogP contribution in [-0.4, -0.2) is 31.0 Å². The molecule has 0 saturated heterocycles. The van der Waals surface area contributed by atoms with Crippen molar-refractivity contribution in [2.75, 3.05) is 20.7 Å². The lowest BCUT2D eigenvalue weighted by molar-refractivity contribution is 0.204. The van der Waals surface area contributed by atoms with Gasteiger partial charge in [0.2, 0.25) is 0 Å². The second-order valence-electron chi connectivity index (χ2n) is 5.09. The molecule has 0 bridgehead atoms. The van der Waals surface area contributed by atoms with E-state index in [4.69, 9.17) is 16.3 Å². The van der Waals surface area contributed by atoms with Crippen LogP contribution in [0.3, 0.4) is 0 Å². The molecule has 1 aliphatic carbocycles. The minimum atomic E-state index is 0.409. The molecule has 1 fully saturated rings. The van der Waals surface area contributed by atoms with E-state index in [9.17, 15) is 0 Å². The lowest BCUT2D eigenvalue weighted by Gasteiger charge is -2.34. The quantitative estimate of drug-likeness (QED) is 0.758. The number of alkyl halides is 1. The van der Waals surface area contributed by atoms with Gasteiger partial charge < -0.3 is 9.64 Å². The molecular weight excluding hydrogens is 314 g/mol. The number of halogens is 2. The summed E-state index contributed by atoms with van der Waals surface area (Å²) in [5, 5.41) is 0.409. The van der Waals surface area contributed by atoms with Crippen molar-refractivity contribution in [3.8, 4) is 5.75 Å². The molecule has 2 rings (SSSR count). The van der Waals surface area contributed by atoms with Gasteiger partial charge in [-0.1, -0.05) is 15.9 Å². The Bertz CT molecular complexity index is 407. The Balaban J connectivity index is 1.91. The van der Waals surface area contributed by atoms with E-state index >= 15 is 0 Å². The van der Waals surface area contributed by atoms with Gasteiger partial charge in [0.15, 0.2) is 0 Å². The summed E-state index contributed by atoms with van der Waals surface area (Å²) in [6.45, 7) is 2.05. The fraction of sp³-hybridized carbons (Fsp3) is 0.571. The van der Waals surface area contributed by atoms with Gasteiger partial charge in [0.1, 0.15) is 5.75 Å². The normalized spacial score (nSPS) is 22.9. The predicted molar refractivity (Wildman–Crippen MR) is 79.4 cm³/mol. The average molecular weight is 333 g/mol. The summed E-state index contributed by atoms with van der Waals surface area (Å²) in [5.41, 5.74) is 1.26. The molecule has 0 unspecified atom stereocenters. The standard InChI is InChI=1S/C14H19BrClNO/c1-17(8-10-5-12(16)6-10)9-11-7-13(18-2)3-4-14(11)15/h3-4,7,10,12H,5-6,8-9H2,1-2H3. The molecule has 100 valence electrons. The van der Waals surface area contributed by atoms with Gasteiger partial charge in [0.05, 0.1) is 7.11 Å². The van der Waals surface area contributed by atoms with Gasteiger partial charge in [0, 0.05) is 22.9 Å². The molecule has 0 N–H and O–H groups in total. The van der Waals surface area contributed by atoms with Gasteiger partial charge in [-0.25, -0.2) is 0 Å². The number of rotatable bonds is 5. The van der Waals surface area contributed by atoms with Gasteiger partial charge in [-0.3, -0.25) is 0 Å². The maximum atomic E-state index is 6.01. The number of ether oxygens (including phenoxy) is 1. The van der Waals surface area contributed by atoms with Crippen LogP contribution in [0.15, 0.2) is 22.7 Å². The third-order valence-electron chi connectivity index (χ3n) is 3.44. The predicted octanol–water partition coefficient (Wildman–Crippen LogP) is 3.91. The molecule has 2 nitrogen and oxygen atoms in total. The number of nitrogens with zero attached hydrogens (tertiary/aromatic N) is 1. The summed E-state index contributed by atoms with van der Waals surface area (Å²) >= 11 is 9.60.